The van der Waals surface area contributed by atoms with Crippen molar-refractivity contribution in [3.05, 3.63) is 55.9 Å². The van der Waals surface area contributed by atoms with Crippen LogP contribution in [0.5, 0.6) is 11.6 Å². The fourth-order valence-corrected chi connectivity index (χ4v) is 3.90. The second kappa shape index (κ2) is 10.2. The number of aromatic nitrogens is 2. The van der Waals surface area contributed by atoms with Gasteiger partial charge in [-0.25, -0.2) is 9.59 Å². The first-order valence-electron chi connectivity index (χ1n) is 11.0. The maximum absolute atomic E-state index is 13.6. The number of hydrogen-bond donors (Lipinski definition) is 2. The maximum atomic E-state index is 13.6. The van der Waals surface area contributed by atoms with Gasteiger partial charge >= 0.3 is 17.5 Å². The van der Waals surface area contributed by atoms with E-state index in [1.54, 1.807) is 0 Å². The number of alkyl halides is 3. The molecule has 0 spiro atoms. The van der Waals surface area contributed by atoms with Crippen LogP contribution in [-0.4, -0.2) is 21.3 Å². The zero-order valence-electron chi connectivity index (χ0n) is 18.6. The van der Waals surface area contributed by atoms with Gasteiger partial charge in [-0.15, -0.1) is 0 Å². The molecule has 0 aliphatic rings. The van der Waals surface area contributed by atoms with E-state index < -0.39 is 23.1 Å². The molecule has 0 fully saturated rings. The smallest absolute Gasteiger partial charge is 0.417 e. The molecule has 0 atom stereocenters. The molecule has 0 saturated heterocycles. The number of nitrogens with one attached hydrogen (secondary N) is 1. The lowest BCUT2D eigenvalue weighted by Crippen LogP contribution is -2.17. The van der Waals surface area contributed by atoms with E-state index in [2.05, 4.69) is 4.98 Å². The van der Waals surface area contributed by atoms with Crippen molar-refractivity contribution in [2.24, 2.45) is 0 Å². The molecule has 3 aromatic rings. The van der Waals surface area contributed by atoms with Gasteiger partial charge in [-0.2, -0.15) is 13.2 Å². The molecule has 2 heterocycles. The lowest BCUT2D eigenvalue weighted by atomic mass is 9.96. The predicted molar refractivity (Wildman–Crippen MR) is 117 cm³/mol. The van der Waals surface area contributed by atoms with Crippen LogP contribution in [0.15, 0.2) is 32.3 Å². The van der Waals surface area contributed by atoms with Crippen LogP contribution in [0.25, 0.3) is 11.0 Å². The standard InChI is InChI=1S/C23H27F3N2O5/c1-3-7-14-11-16-17(23(24,25)26)12-19(30)33-21(16)15(8-4-2)20(14)32-10-6-5-9-28-18(29)13-27-22(28)31/h11-13,29H,3-10H2,1-2H3,(H,27,31). The number of imidazole rings is 1. The normalized spacial score (nSPS) is 11.9. The maximum Gasteiger partial charge on any atom is 0.417 e. The molecule has 0 amide bonds. The minimum Gasteiger partial charge on any atom is -0.493 e. The Bertz CT molecular complexity index is 1220. The zero-order chi connectivity index (χ0) is 24.2. The molecule has 180 valence electrons. The number of fused-ring (bicyclic) bond motifs is 1. The minimum absolute atomic E-state index is 0.0877. The van der Waals surface area contributed by atoms with Crippen LogP contribution >= 0.6 is 0 Å². The summed E-state index contributed by atoms with van der Waals surface area (Å²) in [7, 11) is 0. The highest BCUT2D eigenvalue weighted by Gasteiger charge is 2.35. The van der Waals surface area contributed by atoms with E-state index in [1.165, 1.54) is 16.8 Å². The minimum atomic E-state index is -4.69. The van der Waals surface area contributed by atoms with Crippen LogP contribution in [0.2, 0.25) is 0 Å². The number of halogens is 3. The Morgan fingerprint density at radius 1 is 1.12 bits per heavy atom. The molecule has 0 aliphatic carbocycles. The Kier molecular flexibility index (Phi) is 7.55. The monoisotopic (exact) mass is 468 g/mol. The van der Waals surface area contributed by atoms with E-state index in [0.29, 0.717) is 68.0 Å². The van der Waals surface area contributed by atoms with E-state index in [4.69, 9.17) is 9.15 Å². The fraction of sp³-hybridized carbons (Fsp3) is 0.478. The lowest BCUT2D eigenvalue weighted by Gasteiger charge is -2.19. The number of rotatable bonds is 10. The number of aromatic amines is 1. The van der Waals surface area contributed by atoms with Gasteiger partial charge in [0.25, 0.3) is 0 Å². The first kappa shape index (κ1) is 24.5. The predicted octanol–water partition coefficient (Wildman–Crippen LogP) is 4.77. The summed E-state index contributed by atoms with van der Waals surface area (Å²) in [5, 5.41) is 9.51. The van der Waals surface area contributed by atoms with Crippen molar-refractivity contribution in [1.29, 1.82) is 0 Å². The second-order valence-corrected chi connectivity index (χ2v) is 7.86. The fourth-order valence-electron chi connectivity index (χ4n) is 3.90. The van der Waals surface area contributed by atoms with Crippen LogP contribution < -0.4 is 16.1 Å². The number of benzene rings is 1. The Morgan fingerprint density at radius 3 is 2.45 bits per heavy atom. The zero-order valence-corrected chi connectivity index (χ0v) is 18.6. The molecule has 3 rings (SSSR count). The Hall–Kier alpha value is -3.17. The number of hydrogen-bond acceptors (Lipinski definition) is 5. The number of H-pyrrole nitrogens is 1. The molecule has 2 aromatic heterocycles. The van der Waals surface area contributed by atoms with Gasteiger partial charge in [0.05, 0.1) is 18.4 Å². The highest BCUT2D eigenvalue weighted by Crippen LogP contribution is 2.40. The average Bonchev–Trinajstić information content (AvgIpc) is 3.06. The topological polar surface area (TPSA) is 97.5 Å². The van der Waals surface area contributed by atoms with Crippen molar-refractivity contribution in [2.75, 3.05) is 6.61 Å². The van der Waals surface area contributed by atoms with Gasteiger partial charge in [0.15, 0.2) is 0 Å². The van der Waals surface area contributed by atoms with E-state index in [0.717, 1.165) is 0 Å². The number of ether oxygens (including phenoxy) is 1. The van der Waals surface area contributed by atoms with Crippen molar-refractivity contribution in [3.63, 3.8) is 0 Å². The van der Waals surface area contributed by atoms with Crippen molar-refractivity contribution < 1.29 is 27.4 Å². The Balaban J connectivity index is 1.93. The van der Waals surface area contributed by atoms with E-state index in [-0.39, 0.29) is 23.5 Å². The summed E-state index contributed by atoms with van der Waals surface area (Å²) in [6.45, 7) is 4.35. The lowest BCUT2D eigenvalue weighted by molar-refractivity contribution is -0.136. The van der Waals surface area contributed by atoms with Crippen LogP contribution in [0.3, 0.4) is 0 Å². The average molecular weight is 468 g/mol. The number of nitrogens with zero attached hydrogens (tertiary/aromatic N) is 1. The summed E-state index contributed by atoms with van der Waals surface area (Å²) in [5.41, 5.74) is -1.47. The third-order valence-electron chi connectivity index (χ3n) is 5.35. The molecule has 2 N–H and O–H groups in total. The third kappa shape index (κ3) is 5.43. The molecule has 33 heavy (non-hydrogen) atoms. The molecule has 7 nitrogen and oxygen atoms in total. The molecule has 0 aliphatic heterocycles. The molecular formula is C23H27F3N2O5. The van der Waals surface area contributed by atoms with Crippen LogP contribution in [0, 0.1) is 0 Å². The summed E-state index contributed by atoms with van der Waals surface area (Å²) < 4.78 is 53.4. The molecule has 0 saturated carbocycles. The summed E-state index contributed by atoms with van der Waals surface area (Å²) >= 11 is 0. The number of aryl methyl sites for hydroxylation is 2. The quantitative estimate of drug-likeness (QED) is 0.330. The van der Waals surface area contributed by atoms with E-state index >= 15 is 0 Å². The molecule has 1 aromatic carbocycles. The van der Waals surface area contributed by atoms with Crippen LogP contribution in [-0.2, 0) is 25.6 Å². The SMILES string of the molecule is CCCc1cc2c(C(F)(F)F)cc(=O)oc2c(CCC)c1OCCCCn1c(O)c[nH]c1=O. The molecule has 10 heteroatoms. The van der Waals surface area contributed by atoms with Gasteiger partial charge in [0, 0.05) is 23.6 Å². The van der Waals surface area contributed by atoms with Crippen molar-refractivity contribution in [1.82, 2.24) is 9.55 Å². The first-order chi connectivity index (χ1) is 15.7. The van der Waals surface area contributed by atoms with E-state index in [9.17, 15) is 27.9 Å². The van der Waals surface area contributed by atoms with Crippen LogP contribution in [0.4, 0.5) is 13.2 Å². The Morgan fingerprint density at radius 2 is 1.85 bits per heavy atom. The van der Waals surface area contributed by atoms with Crippen molar-refractivity contribution in [2.45, 2.75) is 65.1 Å². The van der Waals surface area contributed by atoms with Gasteiger partial charge in [-0.05, 0) is 37.3 Å². The Labute approximate surface area is 187 Å². The molecule has 0 bridgehead atoms. The summed E-state index contributed by atoms with van der Waals surface area (Å²) in [6, 6.07) is 1.91. The van der Waals surface area contributed by atoms with Gasteiger partial charge in [0.1, 0.15) is 11.3 Å². The summed E-state index contributed by atoms with van der Waals surface area (Å²) in [5.74, 6) is 0.303. The summed E-state index contributed by atoms with van der Waals surface area (Å²) in [6.07, 6.45) is -0.184. The van der Waals surface area contributed by atoms with Crippen molar-refractivity contribution >= 4 is 11.0 Å². The second-order valence-electron chi connectivity index (χ2n) is 7.86. The number of aromatic hydroxyl groups is 1. The third-order valence-corrected chi connectivity index (χ3v) is 5.35. The van der Waals surface area contributed by atoms with Gasteiger partial charge in [-0.1, -0.05) is 26.7 Å². The largest absolute Gasteiger partial charge is 0.493 e. The van der Waals surface area contributed by atoms with Gasteiger partial charge in [0.2, 0.25) is 5.88 Å². The first-order valence-corrected chi connectivity index (χ1v) is 11.0. The highest BCUT2D eigenvalue weighted by molar-refractivity contribution is 5.87. The van der Waals surface area contributed by atoms with Crippen molar-refractivity contribution in [3.8, 4) is 11.6 Å². The highest BCUT2D eigenvalue weighted by atomic mass is 19.4. The molecular weight excluding hydrogens is 441 g/mol. The molecule has 0 unspecified atom stereocenters. The van der Waals surface area contributed by atoms with E-state index in [1.807, 2.05) is 13.8 Å². The van der Waals surface area contributed by atoms with Crippen LogP contribution in [0.1, 0.15) is 56.2 Å². The van der Waals surface area contributed by atoms with Gasteiger partial charge in [-0.3, -0.25) is 4.57 Å². The number of unbranched alkanes of at least 4 members (excludes halogenated alkanes) is 1. The van der Waals surface area contributed by atoms with Gasteiger partial charge < -0.3 is 19.2 Å². The summed E-state index contributed by atoms with van der Waals surface area (Å²) in [4.78, 5) is 25.9. The molecule has 0 radical (unpaired) electrons.